The molecule has 1 heterocycles. The van der Waals surface area contributed by atoms with Crippen molar-refractivity contribution in [2.24, 2.45) is 0 Å². The minimum absolute atomic E-state index is 0.139. The van der Waals surface area contributed by atoms with Gasteiger partial charge in [0.05, 0.1) is 6.61 Å². The van der Waals surface area contributed by atoms with Gasteiger partial charge in [0.1, 0.15) is 17.4 Å². The number of hydrogen-bond donors (Lipinski definition) is 0. The molecule has 0 spiro atoms. The topological polar surface area (TPSA) is 84.6 Å². The summed E-state index contributed by atoms with van der Waals surface area (Å²) in [5.74, 6) is -0.239. The molecule has 1 amide bonds. The Morgan fingerprint density at radius 1 is 1.18 bits per heavy atom. The highest BCUT2D eigenvalue weighted by atomic mass is 16.5. The summed E-state index contributed by atoms with van der Waals surface area (Å²) in [5.41, 5.74) is 3.40. The molecule has 1 saturated carbocycles. The van der Waals surface area contributed by atoms with Crippen molar-refractivity contribution < 1.29 is 19.1 Å². The van der Waals surface area contributed by atoms with Gasteiger partial charge in [-0.05, 0) is 75.6 Å². The summed E-state index contributed by atoms with van der Waals surface area (Å²) in [6.07, 6.45) is 6.89. The van der Waals surface area contributed by atoms with Crippen LogP contribution in [0, 0.1) is 25.2 Å². The molecule has 0 N–H and O–H groups in total. The number of benzene rings is 1. The fourth-order valence-electron chi connectivity index (χ4n) is 4.46. The van der Waals surface area contributed by atoms with Gasteiger partial charge in [-0.15, -0.1) is 0 Å². The molecule has 7 nitrogen and oxygen atoms in total. The van der Waals surface area contributed by atoms with E-state index in [1.54, 1.807) is 11.9 Å². The van der Waals surface area contributed by atoms with Crippen molar-refractivity contribution in [3.63, 3.8) is 0 Å². The lowest BCUT2D eigenvalue weighted by Gasteiger charge is -2.31. The molecule has 1 aliphatic carbocycles. The first kappa shape index (κ1) is 25.1. The van der Waals surface area contributed by atoms with Crippen molar-refractivity contribution >= 4 is 18.0 Å². The van der Waals surface area contributed by atoms with Gasteiger partial charge in [0, 0.05) is 30.2 Å². The number of hydrogen-bond acceptors (Lipinski definition) is 5. The van der Waals surface area contributed by atoms with Gasteiger partial charge in [-0.3, -0.25) is 4.79 Å². The summed E-state index contributed by atoms with van der Waals surface area (Å²) >= 11 is 0. The maximum Gasteiger partial charge on any atom is 0.349 e. The highest BCUT2D eigenvalue weighted by Crippen LogP contribution is 2.25. The highest BCUT2D eigenvalue weighted by Gasteiger charge is 2.23. The molecule has 1 aromatic carbocycles. The van der Waals surface area contributed by atoms with E-state index in [4.69, 9.17) is 9.47 Å². The Hall–Kier alpha value is -3.53. The lowest BCUT2D eigenvalue weighted by molar-refractivity contribution is -0.149. The van der Waals surface area contributed by atoms with E-state index in [1.807, 2.05) is 61.7 Å². The van der Waals surface area contributed by atoms with Crippen LogP contribution in [0.2, 0.25) is 0 Å². The number of aryl methyl sites for hydroxylation is 1. The summed E-state index contributed by atoms with van der Waals surface area (Å²) in [6.45, 7) is 6.07. The molecular weight excluding hydrogens is 430 g/mol. The van der Waals surface area contributed by atoms with Gasteiger partial charge in [-0.2, -0.15) is 5.26 Å². The van der Waals surface area contributed by atoms with Crippen LogP contribution in [0.1, 0.15) is 56.0 Å². The summed E-state index contributed by atoms with van der Waals surface area (Å²) in [7, 11) is 1.75. The number of carbonyl (C=O) groups is 2. The van der Waals surface area contributed by atoms with Crippen LogP contribution in [0.5, 0.6) is 5.75 Å². The molecule has 0 aliphatic heterocycles. The maximum absolute atomic E-state index is 12.5. The first-order valence-electron chi connectivity index (χ1n) is 11.8. The second-order valence-corrected chi connectivity index (χ2v) is 8.63. The van der Waals surface area contributed by atoms with Crippen molar-refractivity contribution in [3.05, 3.63) is 52.9 Å². The molecule has 0 radical (unpaired) electrons. The molecule has 0 unspecified atom stereocenters. The largest absolute Gasteiger partial charge is 0.494 e. The zero-order valence-corrected chi connectivity index (χ0v) is 20.5. The van der Waals surface area contributed by atoms with Gasteiger partial charge >= 0.3 is 5.97 Å². The number of nitrogens with zero attached hydrogens (tertiary/aromatic N) is 3. The van der Waals surface area contributed by atoms with E-state index in [9.17, 15) is 14.9 Å². The Kier molecular flexibility index (Phi) is 8.53. The molecule has 180 valence electrons. The molecular formula is C27H33N3O4. The first-order chi connectivity index (χ1) is 16.3. The van der Waals surface area contributed by atoms with Crippen molar-refractivity contribution in [1.29, 1.82) is 5.26 Å². The molecule has 34 heavy (non-hydrogen) atoms. The SMILES string of the molecule is CCOc1ccc(-n2c(C)cc(/C=C(\C#N)C(=O)OCC(=O)N(C)C3CCCCC3)c2C)cc1. The van der Waals surface area contributed by atoms with Gasteiger partial charge in [0.25, 0.3) is 5.91 Å². The molecule has 1 aromatic heterocycles. The third-order valence-electron chi connectivity index (χ3n) is 6.36. The third kappa shape index (κ3) is 5.88. The van der Waals surface area contributed by atoms with Crippen molar-refractivity contribution in [2.75, 3.05) is 20.3 Å². The van der Waals surface area contributed by atoms with Crippen molar-refractivity contribution in [2.45, 2.75) is 58.9 Å². The number of amides is 1. The Bertz CT molecular complexity index is 1090. The summed E-state index contributed by atoms with van der Waals surface area (Å²) in [6, 6.07) is 11.8. The van der Waals surface area contributed by atoms with Gasteiger partial charge in [-0.1, -0.05) is 19.3 Å². The van der Waals surface area contributed by atoms with E-state index >= 15 is 0 Å². The number of ether oxygens (including phenoxy) is 2. The van der Waals surface area contributed by atoms with E-state index < -0.39 is 5.97 Å². The highest BCUT2D eigenvalue weighted by molar-refractivity contribution is 5.99. The van der Waals surface area contributed by atoms with Crippen LogP contribution in [0.3, 0.4) is 0 Å². The second-order valence-electron chi connectivity index (χ2n) is 8.63. The number of carbonyl (C=O) groups excluding carboxylic acids is 2. The molecule has 1 aliphatic rings. The van der Waals surface area contributed by atoms with Crippen LogP contribution in [0.4, 0.5) is 0 Å². The third-order valence-corrected chi connectivity index (χ3v) is 6.36. The van der Waals surface area contributed by atoms with Crippen LogP contribution < -0.4 is 4.74 Å². The van der Waals surface area contributed by atoms with Gasteiger partial charge in [-0.25, -0.2) is 4.79 Å². The molecule has 0 bridgehead atoms. The number of esters is 1. The number of nitriles is 1. The van der Waals surface area contributed by atoms with E-state index in [1.165, 1.54) is 12.5 Å². The van der Waals surface area contributed by atoms with Crippen LogP contribution in [-0.2, 0) is 14.3 Å². The van der Waals surface area contributed by atoms with E-state index in [0.717, 1.165) is 54.1 Å². The van der Waals surface area contributed by atoms with Crippen molar-refractivity contribution in [1.82, 2.24) is 9.47 Å². The predicted octanol–water partition coefficient (Wildman–Crippen LogP) is 4.73. The van der Waals surface area contributed by atoms with Crippen LogP contribution in [0.15, 0.2) is 35.9 Å². The van der Waals surface area contributed by atoms with Gasteiger partial charge in [0.15, 0.2) is 6.61 Å². The van der Waals surface area contributed by atoms with Crippen LogP contribution >= 0.6 is 0 Å². The fourth-order valence-corrected chi connectivity index (χ4v) is 4.46. The van der Waals surface area contributed by atoms with Crippen molar-refractivity contribution in [3.8, 4) is 17.5 Å². The smallest absolute Gasteiger partial charge is 0.349 e. The first-order valence-corrected chi connectivity index (χ1v) is 11.8. The molecule has 1 fully saturated rings. The molecule has 0 atom stereocenters. The normalized spacial score (nSPS) is 14.4. The number of rotatable bonds is 8. The molecule has 3 rings (SSSR count). The molecule has 0 saturated heterocycles. The minimum Gasteiger partial charge on any atom is -0.494 e. The molecule has 2 aromatic rings. The fraction of sp³-hybridized carbons (Fsp3) is 0.444. The van der Waals surface area contributed by atoms with E-state index in [-0.39, 0.29) is 24.1 Å². The van der Waals surface area contributed by atoms with Crippen LogP contribution in [0.25, 0.3) is 11.8 Å². The van der Waals surface area contributed by atoms with Gasteiger partial charge < -0.3 is 18.9 Å². The Balaban J connectivity index is 1.71. The number of likely N-dealkylation sites (N-methyl/N-ethyl adjacent to an activating group) is 1. The lowest BCUT2D eigenvalue weighted by atomic mass is 9.94. The zero-order valence-electron chi connectivity index (χ0n) is 20.5. The number of aromatic nitrogens is 1. The standard InChI is InChI=1S/C27H33N3O4/c1-5-33-25-13-11-24(12-14-25)30-19(2)15-21(20(30)3)16-22(17-28)27(32)34-18-26(31)29(4)23-9-7-6-8-10-23/h11-16,23H,5-10,18H2,1-4H3/b22-16+. The van der Waals surface area contributed by atoms with E-state index in [2.05, 4.69) is 0 Å². The Morgan fingerprint density at radius 3 is 2.47 bits per heavy atom. The lowest BCUT2D eigenvalue weighted by Crippen LogP contribution is -2.40. The average molecular weight is 464 g/mol. The summed E-state index contributed by atoms with van der Waals surface area (Å²) < 4.78 is 12.8. The molecule has 7 heteroatoms. The average Bonchev–Trinajstić information content (AvgIpc) is 3.14. The summed E-state index contributed by atoms with van der Waals surface area (Å²) in [5, 5.41) is 9.57. The van der Waals surface area contributed by atoms with Gasteiger partial charge in [0.2, 0.25) is 0 Å². The predicted molar refractivity (Wildman–Crippen MR) is 131 cm³/mol. The Labute approximate surface area is 201 Å². The van der Waals surface area contributed by atoms with E-state index in [0.29, 0.717) is 6.61 Å². The summed E-state index contributed by atoms with van der Waals surface area (Å²) in [4.78, 5) is 26.7. The monoisotopic (exact) mass is 463 g/mol. The minimum atomic E-state index is -0.793. The second kappa shape index (κ2) is 11.6. The Morgan fingerprint density at radius 2 is 1.85 bits per heavy atom. The quantitative estimate of drug-likeness (QED) is 0.321. The maximum atomic E-state index is 12.5. The zero-order chi connectivity index (χ0) is 24.7. The van der Waals surface area contributed by atoms with Crippen LogP contribution in [-0.4, -0.2) is 47.6 Å².